The van der Waals surface area contributed by atoms with Crippen molar-refractivity contribution >= 4 is 5.91 Å². The van der Waals surface area contributed by atoms with Crippen LogP contribution in [0.2, 0.25) is 0 Å². The Morgan fingerprint density at radius 1 is 1.15 bits per heavy atom. The van der Waals surface area contributed by atoms with Crippen molar-refractivity contribution in [3.05, 3.63) is 35.4 Å². The molecule has 7 rings (SSSR count). The lowest BCUT2D eigenvalue weighted by Gasteiger charge is -2.63. The van der Waals surface area contributed by atoms with Gasteiger partial charge in [-0.1, -0.05) is 0 Å². The predicted octanol–water partition coefficient (Wildman–Crippen LogP) is 2.08. The Kier molecular flexibility index (Phi) is 2.67. The Morgan fingerprint density at radius 3 is 2.62 bits per heavy atom. The number of carbonyl (C=O) groups excluding carboxylic acids is 1. The van der Waals surface area contributed by atoms with Gasteiger partial charge in [0.2, 0.25) is 0 Å². The second-order valence-electron chi connectivity index (χ2n) is 8.92. The molecule has 0 spiro atoms. The van der Waals surface area contributed by atoms with Gasteiger partial charge >= 0.3 is 0 Å². The number of pyridine rings is 1. The summed E-state index contributed by atoms with van der Waals surface area (Å²) in [5.74, 6) is 2.18. The normalized spacial score (nSPS) is 37.4. The fourth-order valence-corrected chi connectivity index (χ4v) is 6.71. The maximum Gasteiger partial charge on any atom is 0.256 e. The molecule has 1 amide bonds. The first-order chi connectivity index (χ1) is 12.6. The molecule has 2 aromatic heterocycles. The third-order valence-electron chi connectivity index (χ3n) is 7.18. The van der Waals surface area contributed by atoms with Gasteiger partial charge in [0.05, 0.1) is 23.3 Å². The van der Waals surface area contributed by atoms with Crippen molar-refractivity contribution in [3.8, 4) is 0 Å². The number of rotatable bonds is 2. The first kappa shape index (κ1) is 14.8. The summed E-state index contributed by atoms with van der Waals surface area (Å²) in [5, 5.41) is 13.1. The third-order valence-corrected chi connectivity index (χ3v) is 7.18. The van der Waals surface area contributed by atoms with Gasteiger partial charge in [0.15, 0.2) is 5.82 Å². The smallest absolute Gasteiger partial charge is 0.256 e. The molecule has 7 heteroatoms. The summed E-state index contributed by atoms with van der Waals surface area (Å²) >= 11 is 0. The second-order valence-corrected chi connectivity index (χ2v) is 8.92. The lowest BCUT2D eigenvalue weighted by atomic mass is 9.49. The second kappa shape index (κ2) is 4.69. The molecule has 0 unspecified atom stereocenters. The van der Waals surface area contributed by atoms with Crippen molar-refractivity contribution in [2.24, 2.45) is 11.8 Å². The third kappa shape index (κ3) is 1.81. The molecule has 1 aliphatic heterocycles. The first-order valence-corrected chi connectivity index (χ1v) is 9.60. The molecule has 2 atom stereocenters. The molecule has 0 aromatic carbocycles. The van der Waals surface area contributed by atoms with Crippen molar-refractivity contribution in [2.45, 2.75) is 63.1 Å². The van der Waals surface area contributed by atoms with Gasteiger partial charge in [0, 0.05) is 11.7 Å². The van der Waals surface area contributed by atoms with Crippen LogP contribution in [0.5, 0.6) is 0 Å². The van der Waals surface area contributed by atoms with E-state index in [0.29, 0.717) is 18.4 Å². The van der Waals surface area contributed by atoms with E-state index in [1.807, 2.05) is 23.9 Å². The van der Waals surface area contributed by atoms with Crippen molar-refractivity contribution < 1.29 is 4.79 Å². The van der Waals surface area contributed by atoms with Crippen molar-refractivity contribution in [1.82, 2.24) is 30.1 Å². The summed E-state index contributed by atoms with van der Waals surface area (Å²) in [4.78, 5) is 21.7. The number of nitrogens with zero attached hydrogens (tertiary/aromatic N) is 6. The Labute approximate surface area is 151 Å². The minimum atomic E-state index is -0.0800. The molecule has 0 saturated heterocycles. The van der Waals surface area contributed by atoms with Crippen LogP contribution in [0.15, 0.2) is 18.3 Å². The minimum Gasteiger partial charge on any atom is -0.327 e. The first-order valence-electron chi connectivity index (χ1n) is 9.60. The van der Waals surface area contributed by atoms with Crippen LogP contribution < -0.4 is 0 Å². The molecular formula is C19H22N6O. The van der Waals surface area contributed by atoms with Crippen LogP contribution in [0.25, 0.3) is 0 Å². The SMILES string of the molecule is Cc1nnn(C23C[C@@H]4C[C@H](CC(N5Cc6ncccc6C5=O)(C4)C2)C3)n1. The van der Waals surface area contributed by atoms with Crippen LogP contribution in [0, 0.1) is 18.8 Å². The maximum absolute atomic E-state index is 13.2. The van der Waals surface area contributed by atoms with E-state index in [-0.39, 0.29) is 17.0 Å². The van der Waals surface area contributed by atoms with E-state index in [4.69, 9.17) is 0 Å². The molecule has 0 N–H and O–H groups in total. The quantitative estimate of drug-likeness (QED) is 0.829. The van der Waals surface area contributed by atoms with Gasteiger partial charge in [-0.25, -0.2) is 0 Å². The van der Waals surface area contributed by atoms with Gasteiger partial charge in [0.1, 0.15) is 0 Å². The summed E-state index contributed by atoms with van der Waals surface area (Å²) in [7, 11) is 0. The molecule has 3 heterocycles. The fraction of sp³-hybridized carbons (Fsp3) is 0.632. The van der Waals surface area contributed by atoms with Crippen molar-refractivity contribution in [1.29, 1.82) is 0 Å². The lowest BCUT2D eigenvalue weighted by molar-refractivity contribution is -0.122. The highest BCUT2D eigenvalue weighted by molar-refractivity contribution is 5.98. The van der Waals surface area contributed by atoms with E-state index in [2.05, 4.69) is 25.3 Å². The van der Waals surface area contributed by atoms with Crippen molar-refractivity contribution in [3.63, 3.8) is 0 Å². The monoisotopic (exact) mass is 350 g/mol. The largest absolute Gasteiger partial charge is 0.327 e. The number of hydrogen-bond donors (Lipinski definition) is 0. The zero-order valence-corrected chi connectivity index (χ0v) is 14.9. The number of amides is 1. The molecule has 5 aliphatic rings. The van der Waals surface area contributed by atoms with Crippen molar-refractivity contribution in [2.75, 3.05) is 0 Å². The van der Waals surface area contributed by atoms with E-state index < -0.39 is 0 Å². The van der Waals surface area contributed by atoms with E-state index in [1.54, 1.807) is 6.20 Å². The Morgan fingerprint density at radius 2 is 1.92 bits per heavy atom. The number of carbonyl (C=O) groups is 1. The molecule has 7 nitrogen and oxygen atoms in total. The van der Waals surface area contributed by atoms with E-state index in [9.17, 15) is 4.79 Å². The highest BCUT2D eigenvalue weighted by Gasteiger charge is 2.63. The summed E-state index contributed by atoms with van der Waals surface area (Å²) < 4.78 is 0. The predicted molar refractivity (Wildman–Crippen MR) is 92.1 cm³/mol. The maximum atomic E-state index is 13.2. The average Bonchev–Trinajstić information content (AvgIpc) is 3.19. The highest BCUT2D eigenvalue weighted by atomic mass is 16.2. The van der Waals surface area contributed by atoms with E-state index in [0.717, 1.165) is 49.2 Å². The number of aromatic nitrogens is 5. The van der Waals surface area contributed by atoms with E-state index >= 15 is 0 Å². The summed E-state index contributed by atoms with van der Waals surface area (Å²) in [6, 6.07) is 3.78. The standard InChI is InChI=1S/C19H22N6O/c1-12-21-23-25(22-12)19-8-13-5-14(9-19)7-18(6-13,11-19)24-10-16-15(17(24)26)3-2-4-20-16/h2-4,13-14H,5-11H2,1H3/t13-,14-,18?,19?/m1/s1. The fourth-order valence-electron chi connectivity index (χ4n) is 6.71. The highest BCUT2D eigenvalue weighted by Crippen LogP contribution is 2.62. The lowest BCUT2D eigenvalue weighted by Crippen LogP contribution is -2.66. The van der Waals surface area contributed by atoms with Crippen LogP contribution in [0.1, 0.15) is 60.4 Å². The van der Waals surface area contributed by atoms with Gasteiger partial charge in [-0.05, 0) is 74.6 Å². The Hall–Kier alpha value is -2.31. The molecule has 26 heavy (non-hydrogen) atoms. The molecule has 2 aromatic rings. The van der Waals surface area contributed by atoms with Gasteiger partial charge in [-0.3, -0.25) is 9.78 Å². The Bertz CT molecular complexity index is 906. The van der Waals surface area contributed by atoms with Crippen LogP contribution in [0.3, 0.4) is 0 Å². The Balaban J connectivity index is 1.43. The molecule has 4 saturated carbocycles. The molecule has 4 fully saturated rings. The molecule has 0 radical (unpaired) electrons. The average molecular weight is 350 g/mol. The molecule has 134 valence electrons. The van der Waals surface area contributed by atoms with Gasteiger partial charge in [0.25, 0.3) is 5.91 Å². The number of hydrogen-bond acceptors (Lipinski definition) is 5. The summed E-state index contributed by atoms with van der Waals surface area (Å²) in [6.45, 7) is 2.54. The zero-order valence-electron chi connectivity index (χ0n) is 14.9. The van der Waals surface area contributed by atoms with Crippen LogP contribution in [-0.4, -0.2) is 41.5 Å². The molecular weight excluding hydrogens is 328 g/mol. The van der Waals surface area contributed by atoms with E-state index in [1.165, 1.54) is 6.42 Å². The van der Waals surface area contributed by atoms with Crippen LogP contribution in [0.4, 0.5) is 0 Å². The number of aryl methyl sites for hydroxylation is 1. The molecule has 4 aliphatic carbocycles. The summed E-state index contributed by atoms with van der Waals surface area (Å²) in [5.41, 5.74) is 1.56. The molecule has 4 bridgehead atoms. The zero-order chi connectivity index (χ0) is 17.5. The van der Waals surface area contributed by atoms with Gasteiger partial charge in [-0.2, -0.15) is 4.80 Å². The number of fused-ring (bicyclic) bond motifs is 1. The van der Waals surface area contributed by atoms with Gasteiger partial charge in [-0.15, -0.1) is 10.2 Å². The van der Waals surface area contributed by atoms with Crippen LogP contribution in [-0.2, 0) is 12.1 Å². The summed E-state index contributed by atoms with van der Waals surface area (Å²) in [6.07, 6.45) is 8.48. The minimum absolute atomic E-state index is 0.0756. The van der Waals surface area contributed by atoms with Crippen LogP contribution >= 0.6 is 0 Å². The van der Waals surface area contributed by atoms with Gasteiger partial charge < -0.3 is 4.90 Å². The number of tetrazole rings is 1. The topological polar surface area (TPSA) is 76.8 Å².